The van der Waals surface area contributed by atoms with E-state index in [9.17, 15) is 4.79 Å². The molecule has 3 rings (SSSR count). The molecular formula is C20H31ClN4O. The second-order valence-corrected chi connectivity index (χ2v) is 8.35. The minimum atomic E-state index is -0.0297. The molecule has 26 heavy (non-hydrogen) atoms. The lowest BCUT2D eigenvalue weighted by Crippen LogP contribution is -2.41. The topological polar surface area (TPSA) is 47.6 Å². The van der Waals surface area contributed by atoms with Crippen molar-refractivity contribution in [1.29, 1.82) is 0 Å². The average Bonchev–Trinajstić information content (AvgIpc) is 3.28. The van der Waals surface area contributed by atoms with Crippen LogP contribution in [0, 0.1) is 11.8 Å². The molecule has 2 aliphatic rings. The number of halogens is 1. The molecule has 0 aliphatic carbocycles. The summed E-state index contributed by atoms with van der Waals surface area (Å²) in [6.07, 6.45) is 2.28. The number of likely N-dealkylation sites (tertiary alicyclic amines) is 1. The van der Waals surface area contributed by atoms with Crippen molar-refractivity contribution in [2.45, 2.75) is 32.7 Å². The van der Waals surface area contributed by atoms with Gasteiger partial charge in [0.15, 0.2) is 0 Å². The fourth-order valence-corrected chi connectivity index (χ4v) is 4.05. The van der Waals surface area contributed by atoms with Gasteiger partial charge in [-0.1, -0.05) is 11.6 Å². The molecule has 0 saturated carbocycles. The number of hydrogen-bond donors (Lipinski definition) is 2. The molecule has 0 unspecified atom stereocenters. The minimum absolute atomic E-state index is 0.0297. The van der Waals surface area contributed by atoms with E-state index in [0.717, 1.165) is 50.7 Å². The predicted molar refractivity (Wildman–Crippen MR) is 108 cm³/mol. The Morgan fingerprint density at radius 2 is 1.69 bits per heavy atom. The summed E-state index contributed by atoms with van der Waals surface area (Å²) in [6.45, 7) is 10.2. The van der Waals surface area contributed by atoms with Crippen molar-refractivity contribution in [3.05, 3.63) is 29.3 Å². The first kappa shape index (κ1) is 19.3. The summed E-state index contributed by atoms with van der Waals surface area (Å²) in [6, 6.07) is 8.55. The van der Waals surface area contributed by atoms with Gasteiger partial charge in [0.25, 0.3) is 0 Å². The SMILES string of the molecule is CC(C)N1CC[C@@H](CNC(=O)NC[C@H]2CCN(c3ccc(Cl)cc3)C2)C1. The smallest absolute Gasteiger partial charge is 0.314 e. The second-order valence-electron chi connectivity index (χ2n) is 7.91. The molecule has 2 heterocycles. The first-order valence-electron chi connectivity index (χ1n) is 9.77. The lowest BCUT2D eigenvalue weighted by atomic mass is 10.1. The van der Waals surface area contributed by atoms with Crippen LogP contribution >= 0.6 is 11.6 Å². The molecule has 2 saturated heterocycles. The summed E-state index contributed by atoms with van der Waals surface area (Å²) in [5.41, 5.74) is 1.21. The molecule has 144 valence electrons. The van der Waals surface area contributed by atoms with Crippen molar-refractivity contribution in [3.8, 4) is 0 Å². The molecule has 2 aliphatic heterocycles. The highest BCUT2D eigenvalue weighted by molar-refractivity contribution is 6.30. The van der Waals surface area contributed by atoms with Crippen LogP contribution in [-0.2, 0) is 0 Å². The van der Waals surface area contributed by atoms with Crippen LogP contribution in [0.5, 0.6) is 0 Å². The van der Waals surface area contributed by atoms with Gasteiger partial charge in [-0.2, -0.15) is 0 Å². The van der Waals surface area contributed by atoms with Gasteiger partial charge >= 0.3 is 6.03 Å². The summed E-state index contributed by atoms with van der Waals surface area (Å²) >= 11 is 5.96. The number of urea groups is 1. The van der Waals surface area contributed by atoms with Crippen molar-refractivity contribution in [3.63, 3.8) is 0 Å². The highest BCUT2D eigenvalue weighted by Gasteiger charge is 2.25. The number of amides is 2. The van der Waals surface area contributed by atoms with Gasteiger partial charge in [0.05, 0.1) is 0 Å². The molecule has 6 heteroatoms. The molecule has 5 nitrogen and oxygen atoms in total. The third-order valence-electron chi connectivity index (χ3n) is 5.63. The van der Waals surface area contributed by atoms with Crippen LogP contribution in [0.1, 0.15) is 26.7 Å². The highest BCUT2D eigenvalue weighted by Crippen LogP contribution is 2.24. The third-order valence-corrected chi connectivity index (χ3v) is 5.88. The summed E-state index contributed by atoms with van der Waals surface area (Å²) < 4.78 is 0. The zero-order valence-corrected chi connectivity index (χ0v) is 16.6. The van der Waals surface area contributed by atoms with E-state index in [1.807, 2.05) is 12.1 Å². The maximum Gasteiger partial charge on any atom is 0.314 e. The Kier molecular flexibility index (Phi) is 6.65. The molecule has 0 aromatic heterocycles. The molecule has 0 bridgehead atoms. The Labute approximate surface area is 162 Å². The molecule has 2 fully saturated rings. The summed E-state index contributed by atoms with van der Waals surface area (Å²) in [4.78, 5) is 16.9. The Morgan fingerprint density at radius 1 is 1.08 bits per heavy atom. The van der Waals surface area contributed by atoms with E-state index in [-0.39, 0.29) is 6.03 Å². The molecule has 1 aromatic carbocycles. The minimum Gasteiger partial charge on any atom is -0.371 e. The van der Waals surface area contributed by atoms with Crippen LogP contribution in [0.2, 0.25) is 5.02 Å². The molecule has 2 amide bonds. The number of hydrogen-bond acceptors (Lipinski definition) is 3. The fraction of sp³-hybridized carbons (Fsp3) is 0.650. The number of anilines is 1. The Hall–Kier alpha value is -1.46. The van der Waals surface area contributed by atoms with Crippen LogP contribution in [0.25, 0.3) is 0 Å². The van der Waals surface area contributed by atoms with E-state index in [4.69, 9.17) is 11.6 Å². The van der Waals surface area contributed by atoms with Crippen molar-refractivity contribution in [2.75, 3.05) is 44.2 Å². The summed E-state index contributed by atoms with van der Waals surface area (Å²) in [5, 5.41) is 6.87. The fourth-order valence-electron chi connectivity index (χ4n) is 3.92. The number of rotatable bonds is 6. The Balaban J connectivity index is 1.33. The summed E-state index contributed by atoms with van der Waals surface area (Å²) in [7, 11) is 0. The number of carbonyl (C=O) groups is 1. The van der Waals surface area contributed by atoms with Gasteiger partial charge in [0.2, 0.25) is 0 Å². The highest BCUT2D eigenvalue weighted by atomic mass is 35.5. The van der Waals surface area contributed by atoms with Gasteiger partial charge in [-0.25, -0.2) is 4.79 Å². The number of nitrogens with zero attached hydrogens (tertiary/aromatic N) is 2. The molecule has 0 radical (unpaired) electrons. The van der Waals surface area contributed by atoms with E-state index in [0.29, 0.717) is 17.9 Å². The quantitative estimate of drug-likeness (QED) is 0.799. The standard InChI is InChI=1S/C20H31ClN4O/c1-15(2)24-9-7-16(13-24)11-22-20(26)23-12-17-8-10-25(14-17)19-5-3-18(21)4-6-19/h3-6,15-17H,7-14H2,1-2H3,(H2,22,23,26)/t16-,17+/m0/s1. The van der Waals surface area contributed by atoms with Crippen LogP contribution in [0.15, 0.2) is 24.3 Å². The van der Waals surface area contributed by atoms with E-state index >= 15 is 0 Å². The van der Waals surface area contributed by atoms with Gasteiger partial charge in [0, 0.05) is 49.5 Å². The average molecular weight is 379 g/mol. The van der Waals surface area contributed by atoms with Crippen molar-refractivity contribution in [2.24, 2.45) is 11.8 Å². The number of benzene rings is 1. The van der Waals surface area contributed by atoms with E-state index in [1.54, 1.807) is 0 Å². The first-order chi connectivity index (χ1) is 12.5. The van der Waals surface area contributed by atoms with Crippen LogP contribution < -0.4 is 15.5 Å². The van der Waals surface area contributed by atoms with Gasteiger partial charge < -0.3 is 20.4 Å². The van der Waals surface area contributed by atoms with Gasteiger partial charge in [-0.15, -0.1) is 0 Å². The van der Waals surface area contributed by atoms with Crippen LogP contribution in [0.3, 0.4) is 0 Å². The summed E-state index contributed by atoms with van der Waals surface area (Å²) in [5.74, 6) is 1.08. The zero-order chi connectivity index (χ0) is 18.5. The Morgan fingerprint density at radius 3 is 2.31 bits per heavy atom. The molecule has 0 spiro atoms. The normalized spacial score (nSPS) is 23.6. The molecule has 2 atom stereocenters. The van der Waals surface area contributed by atoms with E-state index in [2.05, 4.69) is 46.4 Å². The zero-order valence-electron chi connectivity index (χ0n) is 15.9. The number of carbonyl (C=O) groups excluding carboxylic acids is 1. The van der Waals surface area contributed by atoms with Gasteiger partial charge in [0.1, 0.15) is 0 Å². The predicted octanol–water partition coefficient (Wildman–Crippen LogP) is 3.20. The first-order valence-corrected chi connectivity index (χ1v) is 10.2. The van der Waals surface area contributed by atoms with Crippen molar-refractivity contribution < 1.29 is 4.79 Å². The lowest BCUT2D eigenvalue weighted by Gasteiger charge is -2.20. The van der Waals surface area contributed by atoms with Crippen LogP contribution in [0.4, 0.5) is 10.5 Å². The monoisotopic (exact) mass is 378 g/mol. The second kappa shape index (κ2) is 8.96. The molecular weight excluding hydrogens is 348 g/mol. The molecule has 1 aromatic rings. The van der Waals surface area contributed by atoms with Crippen molar-refractivity contribution in [1.82, 2.24) is 15.5 Å². The van der Waals surface area contributed by atoms with Crippen LogP contribution in [-0.4, -0.2) is 56.2 Å². The van der Waals surface area contributed by atoms with E-state index < -0.39 is 0 Å². The molecule has 2 N–H and O–H groups in total. The maximum absolute atomic E-state index is 12.1. The van der Waals surface area contributed by atoms with Gasteiger partial charge in [-0.3, -0.25) is 0 Å². The maximum atomic E-state index is 12.1. The lowest BCUT2D eigenvalue weighted by molar-refractivity contribution is 0.235. The van der Waals surface area contributed by atoms with Crippen molar-refractivity contribution >= 4 is 23.3 Å². The largest absolute Gasteiger partial charge is 0.371 e. The number of nitrogens with one attached hydrogen (secondary N) is 2. The van der Waals surface area contributed by atoms with Gasteiger partial charge in [-0.05, 0) is 69.3 Å². The van der Waals surface area contributed by atoms with E-state index in [1.165, 1.54) is 12.1 Å². The Bertz CT molecular complexity index is 592. The third kappa shape index (κ3) is 5.27.